The first-order valence-corrected chi connectivity index (χ1v) is 5.03. The highest BCUT2D eigenvalue weighted by Crippen LogP contribution is 2.17. The molecule has 0 radical (unpaired) electrons. The minimum atomic E-state index is -0.801. The summed E-state index contributed by atoms with van der Waals surface area (Å²) in [4.78, 5) is 0. The molecule has 1 unspecified atom stereocenters. The second-order valence-corrected chi connectivity index (χ2v) is 4.35. The van der Waals surface area contributed by atoms with Crippen LogP contribution in [0.2, 0.25) is 0 Å². The van der Waals surface area contributed by atoms with Gasteiger partial charge in [0.05, 0.1) is 5.60 Å². The molecule has 1 aromatic carbocycles. The molecule has 0 saturated heterocycles. The minimum Gasteiger partial charge on any atom is -0.465 e. The zero-order chi connectivity index (χ0) is 11.5. The largest absolute Gasteiger partial charge is 0.465 e. The van der Waals surface area contributed by atoms with Crippen molar-refractivity contribution in [2.75, 3.05) is 0 Å². The van der Waals surface area contributed by atoms with Gasteiger partial charge in [0.15, 0.2) is 6.29 Å². The van der Waals surface area contributed by atoms with E-state index in [0.29, 0.717) is 12.2 Å². The van der Waals surface area contributed by atoms with Crippen molar-refractivity contribution in [3.05, 3.63) is 29.8 Å². The average molecular weight is 210 g/mol. The molecule has 1 atom stereocenters. The third-order valence-corrected chi connectivity index (χ3v) is 1.87. The van der Waals surface area contributed by atoms with Crippen molar-refractivity contribution in [3.63, 3.8) is 0 Å². The Morgan fingerprint density at radius 3 is 2.20 bits per heavy atom. The number of aliphatic hydroxyl groups excluding tert-OH is 1. The maximum Gasteiger partial charge on any atom is 0.194 e. The highest BCUT2D eigenvalue weighted by atomic mass is 16.6. The van der Waals surface area contributed by atoms with Gasteiger partial charge in [-0.3, -0.25) is 0 Å². The topological polar surface area (TPSA) is 49.7 Å². The van der Waals surface area contributed by atoms with Gasteiger partial charge in [-0.2, -0.15) is 0 Å². The molecule has 0 bridgehead atoms. The fraction of sp³-hybridized carbons (Fsp3) is 0.500. The van der Waals surface area contributed by atoms with E-state index >= 15 is 0 Å². The molecule has 1 aromatic rings. The van der Waals surface area contributed by atoms with E-state index in [4.69, 9.17) is 9.84 Å². The molecule has 3 heteroatoms. The van der Waals surface area contributed by atoms with E-state index < -0.39 is 11.9 Å². The lowest BCUT2D eigenvalue weighted by molar-refractivity contribution is -0.000348. The van der Waals surface area contributed by atoms with Crippen LogP contribution in [0.25, 0.3) is 0 Å². The lowest BCUT2D eigenvalue weighted by Gasteiger charge is -2.17. The number of hydrogen-bond acceptors (Lipinski definition) is 3. The molecule has 3 nitrogen and oxygen atoms in total. The lowest BCUT2D eigenvalue weighted by atomic mass is 9.99. The highest BCUT2D eigenvalue weighted by Gasteiger charge is 2.13. The van der Waals surface area contributed by atoms with Gasteiger partial charge in [-0.1, -0.05) is 12.1 Å². The van der Waals surface area contributed by atoms with Gasteiger partial charge in [0.2, 0.25) is 0 Å². The van der Waals surface area contributed by atoms with Gasteiger partial charge in [0.25, 0.3) is 0 Å². The van der Waals surface area contributed by atoms with Crippen LogP contribution in [0, 0.1) is 0 Å². The van der Waals surface area contributed by atoms with Crippen LogP contribution in [0.3, 0.4) is 0 Å². The van der Waals surface area contributed by atoms with Gasteiger partial charge in [0.1, 0.15) is 5.75 Å². The molecule has 1 rings (SSSR count). The van der Waals surface area contributed by atoms with Crippen LogP contribution in [0.15, 0.2) is 24.3 Å². The van der Waals surface area contributed by atoms with Crippen molar-refractivity contribution < 1.29 is 14.9 Å². The Morgan fingerprint density at radius 1 is 1.27 bits per heavy atom. The van der Waals surface area contributed by atoms with Crippen molar-refractivity contribution in [1.82, 2.24) is 0 Å². The molecular weight excluding hydrogens is 192 g/mol. The third-order valence-electron chi connectivity index (χ3n) is 1.87. The molecule has 0 spiro atoms. The van der Waals surface area contributed by atoms with Gasteiger partial charge in [0, 0.05) is 6.42 Å². The van der Waals surface area contributed by atoms with E-state index in [0.717, 1.165) is 5.56 Å². The Balaban J connectivity index is 2.64. The molecule has 0 aromatic heterocycles. The number of rotatable bonds is 4. The summed E-state index contributed by atoms with van der Waals surface area (Å²) in [5.41, 5.74) is 0.340. The van der Waals surface area contributed by atoms with Crippen molar-refractivity contribution in [1.29, 1.82) is 0 Å². The molecule has 0 aliphatic rings. The van der Waals surface area contributed by atoms with Crippen LogP contribution in [0.5, 0.6) is 5.75 Å². The van der Waals surface area contributed by atoms with E-state index in [-0.39, 0.29) is 0 Å². The van der Waals surface area contributed by atoms with Crippen LogP contribution < -0.4 is 4.74 Å². The van der Waals surface area contributed by atoms with Gasteiger partial charge in [-0.25, -0.2) is 0 Å². The zero-order valence-corrected chi connectivity index (χ0v) is 9.40. The minimum absolute atomic E-state index is 0.599. The van der Waals surface area contributed by atoms with Gasteiger partial charge in [-0.05, 0) is 38.5 Å². The van der Waals surface area contributed by atoms with Crippen LogP contribution >= 0.6 is 0 Å². The maximum atomic E-state index is 9.61. The Kier molecular flexibility index (Phi) is 3.72. The Morgan fingerprint density at radius 2 is 1.80 bits per heavy atom. The summed E-state index contributed by atoms with van der Waals surface area (Å²) in [5, 5.41) is 18.6. The number of hydrogen-bond donors (Lipinski definition) is 2. The van der Waals surface area contributed by atoms with Crippen LogP contribution in [-0.4, -0.2) is 22.1 Å². The first-order valence-electron chi connectivity index (χ1n) is 5.03. The Hall–Kier alpha value is -1.06. The summed E-state index contributed by atoms with van der Waals surface area (Å²) in [6.45, 7) is 5.10. The van der Waals surface area contributed by atoms with Crippen LogP contribution in [0.4, 0.5) is 0 Å². The van der Waals surface area contributed by atoms with E-state index in [9.17, 15) is 5.11 Å². The Bertz CT molecular complexity index is 296. The van der Waals surface area contributed by atoms with Crippen LogP contribution in [0.1, 0.15) is 26.3 Å². The summed E-state index contributed by atoms with van der Waals surface area (Å²) in [6.07, 6.45) is -0.202. The fourth-order valence-corrected chi connectivity index (χ4v) is 1.38. The standard InChI is InChI=1S/C12H18O3/c1-9(13)15-11-6-4-10(5-7-11)8-12(2,3)14/h4-7,9,13-14H,8H2,1-3H3. The maximum absolute atomic E-state index is 9.61. The van der Waals surface area contributed by atoms with Crippen molar-refractivity contribution in [3.8, 4) is 5.75 Å². The molecular formula is C12H18O3. The van der Waals surface area contributed by atoms with E-state index in [2.05, 4.69) is 0 Å². The summed E-state index contributed by atoms with van der Waals surface area (Å²) >= 11 is 0. The fourth-order valence-electron chi connectivity index (χ4n) is 1.38. The van der Waals surface area contributed by atoms with Gasteiger partial charge in [-0.15, -0.1) is 0 Å². The second-order valence-electron chi connectivity index (χ2n) is 4.35. The summed E-state index contributed by atoms with van der Waals surface area (Å²) in [5.74, 6) is 0.629. The number of ether oxygens (including phenoxy) is 1. The lowest BCUT2D eigenvalue weighted by Crippen LogP contribution is -2.21. The number of benzene rings is 1. The highest BCUT2D eigenvalue weighted by molar-refractivity contribution is 5.28. The van der Waals surface area contributed by atoms with Crippen molar-refractivity contribution >= 4 is 0 Å². The molecule has 15 heavy (non-hydrogen) atoms. The van der Waals surface area contributed by atoms with Gasteiger partial charge >= 0.3 is 0 Å². The van der Waals surface area contributed by atoms with Crippen molar-refractivity contribution in [2.45, 2.75) is 39.1 Å². The summed E-state index contributed by atoms with van der Waals surface area (Å²) in [6, 6.07) is 7.34. The molecule has 0 aliphatic heterocycles. The molecule has 0 heterocycles. The number of aliphatic hydroxyl groups is 2. The molecule has 0 amide bonds. The molecule has 0 fully saturated rings. The summed E-state index contributed by atoms with van der Waals surface area (Å²) in [7, 11) is 0. The van der Waals surface area contributed by atoms with E-state index in [1.54, 1.807) is 32.9 Å². The Labute approximate surface area is 90.3 Å². The molecule has 0 aliphatic carbocycles. The molecule has 2 N–H and O–H groups in total. The monoisotopic (exact) mass is 210 g/mol. The predicted octanol–water partition coefficient (Wildman–Crippen LogP) is 1.72. The average Bonchev–Trinajstić information content (AvgIpc) is 2.05. The smallest absolute Gasteiger partial charge is 0.194 e. The normalized spacial score (nSPS) is 13.7. The van der Waals surface area contributed by atoms with Crippen LogP contribution in [-0.2, 0) is 6.42 Å². The van der Waals surface area contributed by atoms with E-state index in [1.165, 1.54) is 0 Å². The molecule has 84 valence electrons. The van der Waals surface area contributed by atoms with E-state index in [1.807, 2.05) is 12.1 Å². The SMILES string of the molecule is CC(O)Oc1ccc(CC(C)(C)O)cc1. The predicted molar refractivity (Wildman–Crippen MR) is 58.8 cm³/mol. The zero-order valence-electron chi connectivity index (χ0n) is 9.40. The third kappa shape index (κ3) is 4.81. The molecule has 0 saturated carbocycles. The van der Waals surface area contributed by atoms with Gasteiger partial charge < -0.3 is 14.9 Å². The first kappa shape index (κ1) is 12.0. The first-order chi connectivity index (χ1) is 6.87. The second kappa shape index (κ2) is 4.64. The van der Waals surface area contributed by atoms with Crippen molar-refractivity contribution in [2.24, 2.45) is 0 Å². The quantitative estimate of drug-likeness (QED) is 0.744. The summed E-state index contributed by atoms with van der Waals surface area (Å²) < 4.78 is 5.09.